The maximum atomic E-state index is 13.2. The molecule has 25 heavy (non-hydrogen) atoms. The van der Waals surface area contributed by atoms with Crippen LogP contribution in [0.3, 0.4) is 0 Å². The highest BCUT2D eigenvalue weighted by atomic mass is 32.1. The Balaban J connectivity index is 1.99. The van der Waals surface area contributed by atoms with Gasteiger partial charge in [-0.1, -0.05) is 6.08 Å². The first-order chi connectivity index (χ1) is 12.2. The van der Waals surface area contributed by atoms with Crippen LogP contribution in [0, 0.1) is 0 Å². The van der Waals surface area contributed by atoms with Crippen LogP contribution >= 0.6 is 11.3 Å². The maximum Gasteiger partial charge on any atom is 0.264 e. The van der Waals surface area contributed by atoms with Gasteiger partial charge in [-0.15, -0.1) is 17.9 Å². The molecule has 1 aliphatic carbocycles. The van der Waals surface area contributed by atoms with Crippen molar-refractivity contribution >= 4 is 22.4 Å². The van der Waals surface area contributed by atoms with Crippen molar-refractivity contribution < 1.29 is 14.3 Å². The first-order valence-electron chi connectivity index (χ1n) is 8.31. The number of hydrogen-bond donors (Lipinski definition) is 0. The van der Waals surface area contributed by atoms with E-state index < -0.39 is 0 Å². The lowest BCUT2D eigenvalue weighted by atomic mass is 10.0. The van der Waals surface area contributed by atoms with E-state index in [-0.39, 0.29) is 5.91 Å². The van der Waals surface area contributed by atoms with Gasteiger partial charge in [-0.25, -0.2) is 4.98 Å². The average molecular weight is 358 g/mol. The molecule has 6 heteroatoms. The number of carbonyl (C=O) groups excluding carboxylic acids is 1. The van der Waals surface area contributed by atoms with Gasteiger partial charge in [0.05, 0.1) is 25.5 Å². The predicted molar refractivity (Wildman–Crippen MR) is 100 cm³/mol. The van der Waals surface area contributed by atoms with Gasteiger partial charge in [0.25, 0.3) is 5.91 Å². The molecule has 0 unspecified atom stereocenters. The molecule has 2 aromatic rings. The molecule has 1 heterocycles. The fraction of sp³-hybridized carbons (Fsp3) is 0.368. The van der Waals surface area contributed by atoms with Gasteiger partial charge in [0.15, 0.2) is 5.13 Å². The number of carbonyl (C=O) groups is 1. The second-order valence-corrected chi connectivity index (χ2v) is 6.91. The fourth-order valence-corrected chi connectivity index (χ4v) is 4.11. The first kappa shape index (κ1) is 17.5. The maximum absolute atomic E-state index is 13.2. The molecule has 0 radical (unpaired) electrons. The normalized spacial score (nSPS) is 13.0. The van der Waals surface area contributed by atoms with Crippen molar-refractivity contribution in [3.63, 3.8) is 0 Å². The summed E-state index contributed by atoms with van der Waals surface area (Å²) in [4.78, 5) is 20.9. The van der Waals surface area contributed by atoms with Crippen molar-refractivity contribution in [1.82, 2.24) is 4.98 Å². The number of anilines is 1. The van der Waals surface area contributed by atoms with Gasteiger partial charge in [0.2, 0.25) is 0 Å². The summed E-state index contributed by atoms with van der Waals surface area (Å²) in [5.41, 5.74) is 1.59. The summed E-state index contributed by atoms with van der Waals surface area (Å²) in [6.45, 7) is 4.18. The number of methoxy groups -OCH3 is 2. The molecule has 1 aromatic carbocycles. The van der Waals surface area contributed by atoms with E-state index in [1.165, 1.54) is 11.3 Å². The summed E-state index contributed by atoms with van der Waals surface area (Å²) < 4.78 is 10.6. The van der Waals surface area contributed by atoms with Crippen molar-refractivity contribution in [2.45, 2.75) is 25.7 Å². The van der Waals surface area contributed by atoms with E-state index in [1.54, 1.807) is 54.7 Å². The summed E-state index contributed by atoms with van der Waals surface area (Å²) in [7, 11) is 3.13. The average Bonchev–Trinajstić information content (AvgIpc) is 3.08. The quantitative estimate of drug-likeness (QED) is 0.736. The molecule has 132 valence electrons. The Bertz CT molecular complexity index is 761. The van der Waals surface area contributed by atoms with E-state index in [4.69, 9.17) is 14.5 Å². The SMILES string of the molecule is C=CCN(C(=O)c1cc(OC)ccc1OC)c1nc2c(s1)CCCC2. The highest BCUT2D eigenvalue weighted by molar-refractivity contribution is 7.16. The van der Waals surface area contributed by atoms with Crippen LogP contribution in [0.25, 0.3) is 0 Å². The minimum atomic E-state index is -0.165. The zero-order valence-electron chi connectivity index (χ0n) is 14.6. The third-order valence-corrected chi connectivity index (χ3v) is 5.44. The molecule has 0 spiro atoms. The van der Waals surface area contributed by atoms with E-state index in [2.05, 4.69) is 6.58 Å². The van der Waals surface area contributed by atoms with Gasteiger partial charge in [-0.3, -0.25) is 9.69 Å². The fourth-order valence-electron chi connectivity index (χ4n) is 2.96. The zero-order valence-corrected chi connectivity index (χ0v) is 15.4. The minimum absolute atomic E-state index is 0.165. The number of rotatable bonds is 6. The molecule has 0 fully saturated rings. The van der Waals surface area contributed by atoms with E-state index in [0.717, 1.165) is 30.1 Å². The monoisotopic (exact) mass is 358 g/mol. The van der Waals surface area contributed by atoms with Crippen molar-refractivity contribution in [2.75, 3.05) is 25.7 Å². The molecule has 0 bridgehead atoms. The number of hydrogen-bond acceptors (Lipinski definition) is 5. The molecular weight excluding hydrogens is 336 g/mol. The highest BCUT2D eigenvalue weighted by Gasteiger charge is 2.25. The van der Waals surface area contributed by atoms with E-state index in [1.807, 2.05) is 0 Å². The van der Waals surface area contributed by atoms with Crippen molar-refractivity contribution in [3.05, 3.63) is 47.0 Å². The molecule has 3 rings (SSSR count). The number of nitrogens with zero attached hydrogens (tertiary/aromatic N) is 2. The Kier molecular flexibility index (Phi) is 5.38. The predicted octanol–water partition coefficient (Wildman–Crippen LogP) is 3.87. The molecule has 1 amide bonds. The zero-order chi connectivity index (χ0) is 17.8. The number of amides is 1. The number of benzene rings is 1. The van der Waals surface area contributed by atoms with Crippen molar-refractivity contribution in [3.8, 4) is 11.5 Å². The van der Waals surface area contributed by atoms with Gasteiger partial charge in [-0.05, 0) is 43.9 Å². The van der Waals surface area contributed by atoms with Crippen LogP contribution in [0.15, 0.2) is 30.9 Å². The Morgan fingerprint density at radius 2 is 2.12 bits per heavy atom. The van der Waals surface area contributed by atoms with Crippen LogP contribution < -0.4 is 14.4 Å². The smallest absolute Gasteiger partial charge is 0.264 e. The number of aryl methyl sites for hydroxylation is 2. The number of fused-ring (bicyclic) bond motifs is 1. The van der Waals surface area contributed by atoms with Gasteiger partial charge in [-0.2, -0.15) is 0 Å². The van der Waals surface area contributed by atoms with Gasteiger partial charge >= 0.3 is 0 Å². The van der Waals surface area contributed by atoms with E-state index in [9.17, 15) is 4.79 Å². The first-order valence-corrected chi connectivity index (χ1v) is 9.13. The number of ether oxygens (including phenoxy) is 2. The Labute approximate surface area is 151 Å². The summed E-state index contributed by atoms with van der Waals surface area (Å²) in [5, 5.41) is 0.724. The summed E-state index contributed by atoms with van der Waals surface area (Å²) in [6.07, 6.45) is 6.10. The van der Waals surface area contributed by atoms with Gasteiger partial charge < -0.3 is 9.47 Å². The molecule has 0 N–H and O–H groups in total. The summed E-state index contributed by atoms with van der Waals surface area (Å²) in [5.74, 6) is 0.962. The topological polar surface area (TPSA) is 51.7 Å². The highest BCUT2D eigenvalue weighted by Crippen LogP contribution is 2.34. The molecular formula is C19H22N2O3S. The van der Waals surface area contributed by atoms with Crippen LogP contribution in [-0.4, -0.2) is 31.7 Å². The Hall–Kier alpha value is -2.34. The second-order valence-electron chi connectivity index (χ2n) is 5.84. The lowest BCUT2D eigenvalue weighted by Gasteiger charge is -2.20. The Morgan fingerprint density at radius 3 is 2.80 bits per heavy atom. The van der Waals surface area contributed by atoms with Crippen LogP contribution in [0.2, 0.25) is 0 Å². The van der Waals surface area contributed by atoms with Crippen LogP contribution in [0.4, 0.5) is 5.13 Å². The van der Waals surface area contributed by atoms with Crippen LogP contribution in [0.1, 0.15) is 33.8 Å². The summed E-state index contributed by atoms with van der Waals surface area (Å²) >= 11 is 1.60. The lowest BCUT2D eigenvalue weighted by Crippen LogP contribution is -2.31. The standard InChI is InChI=1S/C19H22N2O3S/c1-4-11-21(19-20-15-7-5-6-8-17(15)25-19)18(22)14-12-13(23-2)9-10-16(14)24-3/h4,9-10,12H,1,5-8,11H2,2-3H3. The third kappa shape index (κ3) is 3.54. The van der Waals surface area contributed by atoms with Crippen LogP contribution in [-0.2, 0) is 12.8 Å². The van der Waals surface area contributed by atoms with Crippen molar-refractivity contribution in [1.29, 1.82) is 0 Å². The molecule has 5 nitrogen and oxygen atoms in total. The molecule has 0 saturated heterocycles. The minimum Gasteiger partial charge on any atom is -0.497 e. The number of thiazole rings is 1. The molecule has 0 saturated carbocycles. The van der Waals surface area contributed by atoms with Gasteiger partial charge in [0, 0.05) is 11.4 Å². The van der Waals surface area contributed by atoms with Crippen molar-refractivity contribution in [2.24, 2.45) is 0 Å². The van der Waals surface area contributed by atoms with E-state index >= 15 is 0 Å². The second kappa shape index (κ2) is 7.70. The lowest BCUT2D eigenvalue weighted by molar-refractivity contribution is 0.0986. The number of aromatic nitrogens is 1. The van der Waals surface area contributed by atoms with Gasteiger partial charge in [0.1, 0.15) is 11.5 Å². The summed E-state index contributed by atoms with van der Waals surface area (Å²) in [6, 6.07) is 5.21. The largest absolute Gasteiger partial charge is 0.497 e. The molecule has 0 aliphatic heterocycles. The molecule has 1 aliphatic rings. The molecule has 1 aromatic heterocycles. The van der Waals surface area contributed by atoms with E-state index in [0.29, 0.717) is 23.6 Å². The molecule has 0 atom stereocenters. The van der Waals surface area contributed by atoms with Crippen LogP contribution in [0.5, 0.6) is 11.5 Å². The Morgan fingerprint density at radius 1 is 1.32 bits per heavy atom. The third-order valence-electron chi connectivity index (χ3n) is 4.26.